The number of carbonyl (C=O) groups excluding carboxylic acids is 3. The number of benzene rings is 2. The summed E-state index contributed by atoms with van der Waals surface area (Å²) in [6, 6.07) is 16.9. The third kappa shape index (κ3) is 3.35. The van der Waals surface area contributed by atoms with Gasteiger partial charge < -0.3 is 10.6 Å². The van der Waals surface area contributed by atoms with Crippen molar-refractivity contribution < 1.29 is 14.4 Å². The summed E-state index contributed by atoms with van der Waals surface area (Å²) in [5.74, 6) is -0.830. The lowest BCUT2D eigenvalue weighted by Gasteiger charge is -2.22. The quantitative estimate of drug-likeness (QED) is 0.625. The van der Waals surface area contributed by atoms with E-state index in [1.807, 2.05) is 54.6 Å². The zero-order valence-corrected chi connectivity index (χ0v) is 16.7. The number of nitrogens with zero attached hydrogens (tertiary/aromatic N) is 3. The normalized spacial score (nSPS) is 19.5. The van der Waals surface area contributed by atoms with E-state index in [1.54, 1.807) is 17.1 Å². The van der Waals surface area contributed by atoms with Gasteiger partial charge in [0.2, 0.25) is 5.91 Å². The zero-order chi connectivity index (χ0) is 21.4. The Hall–Kier alpha value is -3.94. The number of anilines is 1. The predicted octanol–water partition coefficient (Wildman–Crippen LogP) is 2.26. The van der Waals surface area contributed by atoms with Crippen LogP contribution in [0.2, 0.25) is 0 Å². The van der Waals surface area contributed by atoms with Crippen LogP contribution in [-0.2, 0) is 28.1 Å². The first kappa shape index (κ1) is 19.0. The van der Waals surface area contributed by atoms with Crippen LogP contribution < -0.4 is 10.6 Å². The Balaban J connectivity index is 1.25. The van der Waals surface area contributed by atoms with Crippen molar-refractivity contribution in [3.05, 3.63) is 83.7 Å². The second kappa shape index (κ2) is 7.39. The highest BCUT2D eigenvalue weighted by Gasteiger charge is 2.55. The molecule has 2 N–H and O–H groups in total. The van der Waals surface area contributed by atoms with E-state index < -0.39 is 17.5 Å². The summed E-state index contributed by atoms with van der Waals surface area (Å²) < 4.78 is 1.71. The van der Waals surface area contributed by atoms with E-state index in [2.05, 4.69) is 15.7 Å². The molecule has 2 heterocycles. The van der Waals surface area contributed by atoms with E-state index >= 15 is 0 Å². The van der Waals surface area contributed by atoms with Crippen molar-refractivity contribution in [1.82, 2.24) is 20.0 Å². The summed E-state index contributed by atoms with van der Waals surface area (Å²) in [4.78, 5) is 39.2. The van der Waals surface area contributed by atoms with Crippen LogP contribution in [-0.4, -0.2) is 39.1 Å². The molecule has 31 heavy (non-hydrogen) atoms. The molecule has 5 rings (SSSR count). The van der Waals surface area contributed by atoms with Crippen molar-refractivity contribution in [3.63, 3.8) is 0 Å². The van der Waals surface area contributed by atoms with Gasteiger partial charge in [0.05, 0.1) is 18.4 Å². The first-order valence-corrected chi connectivity index (χ1v) is 10.1. The predicted molar refractivity (Wildman–Crippen MR) is 113 cm³/mol. The fourth-order valence-corrected chi connectivity index (χ4v) is 4.36. The molecule has 2 aliphatic rings. The fourth-order valence-electron chi connectivity index (χ4n) is 4.36. The highest BCUT2D eigenvalue weighted by atomic mass is 16.2. The highest BCUT2D eigenvalue weighted by Crippen LogP contribution is 2.41. The Kier molecular flexibility index (Phi) is 4.54. The van der Waals surface area contributed by atoms with Crippen LogP contribution in [0.15, 0.2) is 67.0 Å². The molecule has 1 spiro atoms. The second-order valence-corrected chi connectivity index (χ2v) is 7.84. The number of imide groups is 1. The van der Waals surface area contributed by atoms with Gasteiger partial charge in [-0.25, -0.2) is 4.79 Å². The number of amides is 4. The van der Waals surface area contributed by atoms with Crippen molar-refractivity contribution in [3.8, 4) is 0 Å². The van der Waals surface area contributed by atoms with Crippen molar-refractivity contribution in [1.29, 1.82) is 0 Å². The lowest BCUT2D eigenvalue weighted by Crippen LogP contribution is -2.42. The number of rotatable bonds is 5. The number of aryl methyl sites for hydroxylation is 1. The minimum Gasteiger partial charge on any atom is -0.322 e. The van der Waals surface area contributed by atoms with Gasteiger partial charge in [0.1, 0.15) is 12.1 Å². The van der Waals surface area contributed by atoms with Gasteiger partial charge in [-0.1, -0.05) is 54.6 Å². The van der Waals surface area contributed by atoms with E-state index in [-0.39, 0.29) is 12.5 Å². The van der Waals surface area contributed by atoms with E-state index in [4.69, 9.17) is 0 Å². The van der Waals surface area contributed by atoms with Crippen molar-refractivity contribution in [2.24, 2.45) is 0 Å². The molecule has 1 atom stereocenters. The Morgan fingerprint density at radius 2 is 1.87 bits per heavy atom. The molecule has 8 heteroatoms. The molecular formula is C23H21N5O3. The minimum absolute atomic E-state index is 0.349. The van der Waals surface area contributed by atoms with Gasteiger partial charge >= 0.3 is 6.03 Å². The smallest absolute Gasteiger partial charge is 0.322 e. The molecule has 8 nitrogen and oxygen atoms in total. The average Bonchev–Trinajstić information content (AvgIpc) is 3.43. The third-order valence-electron chi connectivity index (χ3n) is 5.83. The Morgan fingerprint density at radius 1 is 1.10 bits per heavy atom. The van der Waals surface area contributed by atoms with Crippen LogP contribution in [0.1, 0.15) is 23.1 Å². The van der Waals surface area contributed by atoms with Crippen LogP contribution in [0.4, 0.5) is 10.5 Å². The molecule has 0 saturated carbocycles. The minimum atomic E-state index is -1.06. The molecule has 2 aromatic carbocycles. The molecule has 0 radical (unpaired) electrons. The molecule has 1 saturated heterocycles. The lowest BCUT2D eigenvalue weighted by atomic mass is 9.92. The van der Waals surface area contributed by atoms with E-state index in [1.165, 1.54) is 0 Å². The largest absolute Gasteiger partial charge is 0.325 e. The van der Waals surface area contributed by atoms with Gasteiger partial charge in [0, 0.05) is 6.20 Å². The summed E-state index contributed by atoms with van der Waals surface area (Å²) in [6.45, 7) is 0.226. The number of fused-ring (bicyclic) bond motifs is 2. The van der Waals surface area contributed by atoms with Crippen molar-refractivity contribution in [2.75, 3.05) is 11.9 Å². The molecule has 3 aromatic rings. The summed E-state index contributed by atoms with van der Waals surface area (Å²) in [5.41, 5.74) is 2.40. The van der Waals surface area contributed by atoms with Crippen molar-refractivity contribution in [2.45, 2.75) is 24.9 Å². The van der Waals surface area contributed by atoms with Crippen LogP contribution in [0.5, 0.6) is 0 Å². The maximum Gasteiger partial charge on any atom is 0.325 e. The van der Waals surface area contributed by atoms with Gasteiger partial charge in [-0.05, 0) is 29.5 Å². The molecule has 1 fully saturated rings. The van der Waals surface area contributed by atoms with Gasteiger partial charge in [-0.15, -0.1) is 0 Å². The Bertz CT molecular complexity index is 1170. The molecule has 1 aromatic heterocycles. The van der Waals surface area contributed by atoms with Crippen LogP contribution in [0.25, 0.3) is 0 Å². The number of nitrogens with one attached hydrogen (secondary N) is 2. The Morgan fingerprint density at radius 3 is 2.71 bits per heavy atom. The first-order chi connectivity index (χ1) is 15.0. The summed E-state index contributed by atoms with van der Waals surface area (Å²) in [5, 5.41) is 9.80. The number of hydrogen-bond acceptors (Lipinski definition) is 4. The molecule has 1 unspecified atom stereocenters. The van der Waals surface area contributed by atoms with Gasteiger partial charge in [0.15, 0.2) is 0 Å². The van der Waals surface area contributed by atoms with Crippen LogP contribution in [0.3, 0.4) is 0 Å². The molecule has 4 amide bonds. The van der Waals surface area contributed by atoms with Crippen LogP contribution in [0, 0.1) is 0 Å². The van der Waals surface area contributed by atoms with Gasteiger partial charge in [-0.2, -0.15) is 5.10 Å². The zero-order valence-electron chi connectivity index (χ0n) is 16.7. The Labute approximate surface area is 178 Å². The summed E-state index contributed by atoms with van der Waals surface area (Å²) >= 11 is 0. The van der Waals surface area contributed by atoms with Crippen molar-refractivity contribution >= 4 is 23.5 Å². The molecule has 156 valence electrons. The fraction of sp³-hybridized carbons (Fsp3) is 0.217. The molecule has 1 aliphatic heterocycles. The molecular weight excluding hydrogens is 394 g/mol. The lowest BCUT2D eigenvalue weighted by molar-refractivity contribution is -0.134. The maximum absolute atomic E-state index is 13.1. The average molecular weight is 415 g/mol. The monoisotopic (exact) mass is 415 g/mol. The topological polar surface area (TPSA) is 96.3 Å². The van der Waals surface area contributed by atoms with E-state index in [0.29, 0.717) is 25.1 Å². The second-order valence-electron chi connectivity index (χ2n) is 7.84. The molecule has 0 bridgehead atoms. The summed E-state index contributed by atoms with van der Waals surface area (Å²) in [6.07, 6.45) is 4.47. The van der Waals surface area contributed by atoms with Gasteiger partial charge in [-0.3, -0.25) is 19.2 Å². The van der Waals surface area contributed by atoms with E-state index in [0.717, 1.165) is 21.6 Å². The molecule has 1 aliphatic carbocycles. The summed E-state index contributed by atoms with van der Waals surface area (Å²) in [7, 11) is 0. The van der Waals surface area contributed by atoms with Gasteiger partial charge in [0.25, 0.3) is 5.91 Å². The maximum atomic E-state index is 13.1. The third-order valence-corrected chi connectivity index (χ3v) is 5.83. The van der Waals surface area contributed by atoms with E-state index in [9.17, 15) is 14.4 Å². The number of carbonyl (C=O) groups is 3. The number of aromatic nitrogens is 2. The first-order valence-electron chi connectivity index (χ1n) is 10.1. The standard InChI is InChI=1S/C23H21N5O3/c29-20(25-18-12-24-27(14-18)13-16-6-2-1-3-7-16)15-28-21(30)23(26-22(28)31)11-10-17-8-4-5-9-19(17)23/h1-9,12,14H,10-11,13,15H2,(H,25,29)(H,26,31). The SMILES string of the molecule is O=C(CN1C(=O)NC2(CCc3ccccc32)C1=O)Nc1cnn(Cc2ccccc2)c1. The van der Waals surface area contributed by atoms with Crippen LogP contribution >= 0.6 is 0 Å². The number of urea groups is 1. The highest BCUT2D eigenvalue weighted by molar-refractivity contribution is 6.10. The number of hydrogen-bond donors (Lipinski definition) is 2.